The number of nitriles is 1. The lowest BCUT2D eigenvalue weighted by Crippen LogP contribution is -2.46. The van der Waals surface area contributed by atoms with Gasteiger partial charge in [0, 0.05) is 12.3 Å². The van der Waals surface area contributed by atoms with E-state index in [1.165, 1.54) is 39.0 Å². The maximum absolute atomic E-state index is 16.2. The van der Waals surface area contributed by atoms with Gasteiger partial charge in [-0.2, -0.15) is 10.2 Å². The smallest absolute Gasteiger partial charge is 0.380 e. The quantitative estimate of drug-likeness (QED) is 0.193. The molecule has 230 valence electrons. The summed E-state index contributed by atoms with van der Waals surface area (Å²) in [7, 11) is -4.21. The van der Waals surface area contributed by atoms with E-state index in [1.54, 1.807) is 24.3 Å². The van der Waals surface area contributed by atoms with Crippen LogP contribution in [0.25, 0.3) is 5.52 Å². The van der Waals surface area contributed by atoms with Gasteiger partial charge in [0.15, 0.2) is 5.82 Å². The van der Waals surface area contributed by atoms with Crippen LogP contribution < -0.4 is 16.0 Å². The van der Waals surface area contributed by atoms with E-state index < -0.39 is 43.1 Å². The van der Waals surface area contributed by atoms with Crippen molar-refractivity contribution in [2.75, 3.05) is 24.2 Å². The molecule has 3 heterocycles. The number of hydrogen-bond acceptors (Lipinski definition) is 12. The molecule has 3 aromatic rings. The largest absolute Gasteiger partial charge is 0.424 e. The van der Waals surface area contributed by atoms with E-state index in [1.807, 2.05) is 0 Å². The van der Waals surface area contributed by atoms with Crippen LogP contribution in [0.1, 0.15) is 38.4 Å². The normalized spacial score (nSPS) is 25.6. The fourth-order valence-electron chi connectivity index (χ4n) is 4.66. The maximum atomic E-state index is 16.2. The van der Waals surface area contributed by atoms with Gasteiger partial charge in [0.2, 0.25) is 11.5 Å². The number of aromatic nitrogens is 3. The first kappa shape index (κ1) is 32.3. The van der Waals surface area contributed by atoms with Crippen LogP contribution in [0, 0.1) is 17.2 Å². The first-order valence-corrected chi connectivity index (χ1v) is 15.3. The Bertz CT molecular complexity index is 1650. The molecule has 0 bridgehead atoms. The SMILES string of the molecule is CC(=O)CCc1ccccc1OP(=O)(C[C@@H](C)C(C)=O)OC[C@H]1O[C@@](C#N)(c2ccc3c(N)nc(N)nn23)[C@@](F)(Cl)C1O. The van der Waals surface area contributed by atoms with Gasteiger partial charge in [0.1, 0.15) is 41.1 Å². The van der Waals surface area contributed by atoms with Crippen LogP contribution in [-0.2, 0) is 35.4 Å². The highest BCUT2D eigenvalue weighted by Gasteiger charge is 2.69. The lowest BCUT2D eigenvalue weighted by Gasteiger charge is -2.28. The molecule has 0 saturated carbocycles. The average molecular weight is 637 g/mol. The Morgan fingerprint density at radius 1 is 1.30 bits per heavy atom. The highest BCUT2D eigenvalue weighted by atomic mass is 35.5. The van der Waals surface area contributed by atoms with Gasteiger partial charge in [-0.25, -0.2) is 13.5 Å². The number of ether oxygens (including phenoxy) is 1. The van der Waals surface area contributed by atoms with Crippen LogP contribution in [0.3, 0.4) is 0 Å². The Labute approximate surface area is 251 Å². The summed E-state index contributed by atoms with van der Waals surface area (Å²) in [4.78, 5) is 27.4. The molecule has 2 aromatic heterocycles. The van der Waals surface area contributed by atoms with Crippen LogP contribution in [0.4, 0.5) is 16.2 Å². The minimum absolute atomic E-state index is 0.0591. The number of nitrogens with zero attached hydrogens (tertiary/aromatic N) is 4. The minimum Gasteiger partial charge on any atom is -0.424 e. The number of carbonyl (C=O) groups excluding carboxylic acids is 2. The van der Waals surface area contributed by atoms with E-state index >= 15 is 4.39 Å². The molecule has 1 aliphatic heterocycles. The summed E-state index contributed by atoms with van der Waals surface area (Å²) in [6, 6.07) is 10.9. The average Bonchev–Trinajstić information content (AvgIpc) is 3.44. The number of alkyl halides is 2. The second kappa shape index (κ2) is 12.2. The maximum Gasteiger partial charge on any atom is 0.380 e. The van der Waals surface area contributed by atoms with Crippen molar-refractivity contribution in [2.24, 2.45) is 5.92 Å². The second-order valence-electron chi connectivity index (χ2n) is 10.4. The third kappa shape index (κ3) is 6.23. The van der Waals surface area contributed by atoms with E-state index in [0.29, 0.717) is 12.0 Å². The van der Waals surface area contributed by atoms with E-state index in [4.69, 9.17) is 36.9 Å². The molecule has 0 aliphatic carbocycles. The van der Waals surface area contributed by atoms with Crippen LogP contribution in [-0.4, -0.2) is 61.4 Å². The van der Waals surface area contributed by atoms with Crippen LogP contribution >= 0.6 is 19.2 Å². The number of halogens is 2. The number of rotatable bonds is 12. The van der Waals surface area contributed by atoms with Crippen molar-refractivity contribution >= 4 is 48.0 Å². The number of para-hydroxylation sites is 1. The molecule has 1 aliphatic rings. The molecular weight excluding hydrogens is 606 g/mol. The van der Waals surface area contributed by atoms with Crippen LogP contribution in [0.15, 0.2) is 36.4 Å². The van der Waals surface area contributed by atoms with Crippen molar-refractivity contribution in [3.63, 3.8) is 0 Å². The van der Waals surface area contributed by atoms with E-state index in [2.05, 4.69) is 10.1 Å². The number of aliphatic hydroxyl groups excluding tert-OH is 1. The number of fused-ring (bicyclic) bond motifs is 1. The van der Waals surface area contributed by atoms with Crippen LogP contribution in [0.5, 0.6) is 5.75 Å². The summed E-state index contributed by atoms with van der Waals surface area (Å²) in [5, 5.41) is 21.8. The van der Waals surface area contributed by atoms with Gasteiger partial charge in [0.05, 0.1) is 18.5 Å². The monoisotopic (exact) mass is 636 g/mol. The zero-order valence-corrected chi connectivity index (χ0v) is 25.2. The Balaban J connectivity index is 1.66. The fraction of sp³-hybridized carbons (Fsp3) is 0.444. The Kier molecular flexibility index (Phi) is 9.16. The highest BCUT2D eigenvalue weighted by Crippen LogP contribution is 2.55. The van der Waals surface area contributed by atoms with Gasteiger partial charge in [-0.1, -0.05) is 36.7 Å². The van der Waals surface area contributed by atoms with Crippen molar-refractivity contribution < 1.29 is 37.4 Å². The van der Waals surface area contributed by atoms with Gasteiger partial charge in [-0.3, -0.25) is 9.32 Å². The van der Waals surface area contributed by atoms with Crippen molar-refractivity contribution in [1.82, 2.24) is 14.6 Å². The van der Waals surface area contributed by atoms with Gasteiger partial charge in [-0.15, -0.1) is 5.10 Å². The molecule has 1 saturated heterocycles. The zero-order chi connectivity index (χ0) is 31.7. The van der Waals surface area contributed by atoms with E-state index in [0.717, 1.165) is 4.52 Å². The number of ketones is 2. The number of carbonyl (C=O) groups is 2. The third-order valence-corrected chi connectivity index (χ3v) is 9.68. The van der Waals surface area contributed by atoms with E-state index in [9.17, 15) is 24.5 Å². The van der Waals surface area contributed by atoms with Crippen LogP contribution in [0.2, 0.25) is 0 Å². The Hall–Kier alpha value is -3.60. The molecule has 5 N–H and O–H groups in total. The molecule has 16 heteroatoms. The molecule has 6 atom stereocenters. The number of hydrogen-bond donors (Lipinski definition) is 3. The summed E-state index contributed by atoms with van der Waals surface area (Å²) in [6.45, 7) is 3.54. The number of nitrogen functional groups attached to an aromatic ring is 2. The highest BCUT2D eigenvalue weighted by molar-refractivity contribution is 7.54. The molecular formula is C27H31ClFN6O7P. The van der Waals surface area contributed by atoms with Gasteiger partial charge in [-0.05, 0) is 44.0 Å². The molecule has 0 spiro atoms. The number of aliphatic hydroxyl groups is 1. The molecule has 1 fully saturated rings. The Morgan fingerprint density at radius 2 is 2.00 bits per heavy atom. The van der Waals surface area contributed by atoms with Crippen molar-refractivity contribution in [2.45, 2.75) is 56.5 Å². The van der Waals surface area contributed by atoms with Gasteiger partial charge in [0.25, 0.3) is 5.13 Å². The van der Waals surface area contributed by atoms with Crippen molar-refractivity contribution in [3.8, 4) is 11.8 Å². The fourth-order valence-corrected chi connectivity index (χ4v) is 6.99. The lowest BCUT2D eigenvalue weighted by molar-refractivity contribution is -0.120. The van der Waals surface area contributed by atoms with Gasteiger partial charge >= 0.3 is 7.60 Å². The summed E-state index contributed by atoms with van der Waals surface area (Å²) in [5.74, 6) is -1.30. The number of aryl methyl sites for hydroxylation is 1. The third-order valence-electron chi connectivity index (χ3n) is 7.18. The number of Topliss-reactive ketones (excluding diaryl/α,β-unsaturated/α-hetero) is 2. The zero-order valence-electron chi connectivity index (χ0n) is 23.6. The predicted molar refractivity (Wildman–Crippen MR) is 154 cm³/mol. The molecule has 0 radical (unpaired) electrons. The first-order valence-electron chi connectivity index (χ1n) is 13.2. The van der Waals surface area contributed by atoms with Crippen molar-refractivity contribution in [1.29, 1.82) is 5.26 Å². The summed E-state index contributed by atoms with van der Waals surface area (Å²) >= 11 is 6.18. The molecule has 1 aromatic carbocycles. The minimum atomic E-state index is -4.21. The predicted octanol–water partition coefficient (Wildman–Crippen LogP) is 3.31. The van der Waals surface area contributed by atoms with E-state index in [-0.39, 0.29) is 52.9 Å². The molecule has 4 rings (SSSR count). The lowest BCUT2D eigenvalue weighted by atomic mass is 9.93. The molecule has 43 heavy (non-hydrogen) atoms. The topological polar surface area (TPSA) is 205 Å². The first-order chi connectivity index (χ1) is 20.1. The second-order valence-corrected chi connectivity index (χ2v) is 13.0. The molecule has 13 nitrogen and oxygen atoms in total. The summed E-state index contributed by atoms with van der Waals surface area (Å²) in [6.07, 6.45) is -3.67. The van der Waals surface area contributed by atoms with Gasteiger partial charge < -0.3 is 30.6 Å². The summed E-state index contributed by atoms with van der Waals surface area (Å²) < 4.78 is 48.6. The number of nitrogens with two attached hydrogens (primary N) is 2. The molecule has 2 unspecified atom stereocenters. The molecule has 0 amide bonds. The number of anilines is 2. The standard InChI is InChI=1S/C27H31ClFN6O7P/c1-15(17(3)37)13-43(39,42-20-7-5-4-6-18(20)9-8-16(2)36)40-12-21-23(38)27(28,29)26(14-30,41-21)22-11-10-19-24(31)33-25(32)34-35(19)22/h4-7,10-11,15,21,23,38H,8-9,12-13H2,1-3H3,(H4,31,32,33,34)/t15-,21-,23?,26+,27-,43?/m1/s1. The number of benzene rings is 1. The Morgan fingerprint density at radius 3 is 2.65 bits per heavy atom. The van der Waals surface area contributed by atoms with Crippen molar-refractivity contribution in [3.05, 3.63) is 47.7 Å². The summed E-state index contributed by atoms with van der Waals surface area (Å²) in [5.41, 5.74) is 9.42.